The summed E-state index contributed by atoms with van der Waals surface area (Å²) in [6.45, 7) is 3.73. The topological polar surface area (TPSA) is 30.5 Å². The molecule has 31 heavy (non-hydrogen) atoms. The lowest BCUT2D eigenvalue weighted by molar-refractivity contribution is 0.266. The molecule has 7 heteroatoms. The quantitative estimate of drug-likeness (QED) is 0.313. The van der Waals surface area contributed by atoms with E-state index in [4.69, 9.17) is 44.3 Å². The van der Waals surface area contributed by atoms with Crippen LogP contribution in [0.25, 0.3) is 0 Å². The molecule has 0 saturated carbocycles. The summed E-state index contributed by atoms with van der Waals surface area (Å²) in [5, 5.41) is 5.08. The average Bonchev–Trinajstić information content (AvgIpc) is 2.73. The zero-order valence-electron chi connectivity index (χ0n) is 17.1. The molecule has 1 N–H and O–H groups in total. The van der Waals surface area contributed by atoms with Crippen molar-refractivity contribution in [3.05, 3.63) is 92.2 Å². The minimum atomic E-state index is -0.321. The molecule has 0 spiro atoms. The highest BCUT2D eigenvalue weighted by Gasteiger charge is 2.14. The second kappa shape index (κ2) is 11.6. The number of halogens is 4. The van der Waals surface area contributed by atoms with Crippen molar-refractivity contribution in [3.63, 3.8) is 0 Å². The van der Waals surface area contributed by atoms with Crippen molar-refractivity contribution in [2.24, 2.45) is 0 Å². The van der Waals surface area contributed by atoms with Gasteiger partial charge in [0.2, 0.25) is 0 Å². The van der Waals surface area contributed by atoms with Gasteiger partial charge in [0.25, 0.3) is 0 Å². The Morgan fingerprint density at radius 2 is 1.71 bits per heavy atom. The lowest BCUT2D eigenvalue weighted by Gasteiger charge is -2.16. The van der Waals surface area contributed by atoms with Gasteiger partial charge in [-0.3, -0.25) is 0 Å². The van der Waals surface area contributed by atoms with Gasteiger partial charge in [-0.2, -0.15) is 0 Å². The van der Waals surface area contributed by atoms with E-state index in [1.165, 1.54) is 6.07 Å². The van der Waals surface area contributed by atoms with E-state index in [1.807, 2.05) is 31.2 Å². The Morgan fingerprint density at radius 1 is 0.903 bits per heavy atom. The van der Waals surface area contributed by atoms with Crippen LogP contribution in [0.1, 0.15) is 23.6 Å². The molecule has 0 heterocycles. The molecule has 3 aromatic carbocycles. The van der Waals surface area contributed by atoms with E-state index in [-0.39, 0.29) is 12.4 Å². The highest BCUT2D eigenvalue weighted by molar-refractivity contribution is 6.35. The van der Waals surface area contributed by atoms with Crippen LogP contribution in [-0.2, 0) is 19.6 Å². The van der Waals surface area contributed by atoms with Crippen LogP contribution in [0.3, 0.4) is 0 Å². The van der Waals surface area contributed by atoms with Crippen molar-refractivity contribution in [2.75, 3.05) is 13.2 Å². The third kappa shape index (κ3) is 6.75. The molecule has 0 amide bonds. The first kappa shape index (κ1) is 23.7. The van der Waals surface area contributed by atoms with Crippen LogP contribution < -0.4 is 14.8 Å². The zero-order valence-corrected chi connectivity index (χ0v) is 19.3. The van der Waals surface area contributed by atoms with Crippen LogP contribution in [0.4, 0.5) is 4.39 Å². The van der Waals surface area contributed by atoms with Crippen LogP contribution in [0.5, 0.6) is 11.5 Å². The molecular formula is C24H23Cl3FNO2. The lowest BCUT2D eigenvalue weighted by atomic mass is 10.1. The number of benzene rings is 3. The minimum absolute atomic E-state index is 0.0614. The fourth-order valence-electron chi connectivity index (χ4n) is 3.07. The summed E-state index contributed by atoms with van der Waals surface area (Å²) in [6.07, 6.45) is 0.770. The van der Waals surface area contributed by atoms with Crippen LogP contribution in [-0.4, -0.2) is 13.2 Å². The van der Waals surface area contributed by atoms with Crippen molar-refractivity contribution in [1.29, 1.82) is 0 Å². The van der Waals surface area contributed by atoms with Crippen LogP contribution in [0.15, 0.2) is 54.6 Å². The molecule has 0 unspecified atom stereocenters. The number of rotatable bonds is 10. The number of nitrogens with one attached hydrogen (secondary N) is 1. The fraction of sp³-hybridized carbons (Fsp3) is 0.250. The van der Waals surface area contributed by atoms with E-state index >= 15 is 0 Å². The lowest BCUT2D eigenvalue weighted by Crippen LogP contribution is -2.17. The Labute approximate surface area is 197 Å². The Morgan fingerprint density at radius 3 is 2.45 bits per heavy atom. The minimum Gasteiger partial charge on any atom is -0.490 e. The largest absolute Gasteiger partial charge is 0.490 e. The number of hydrogen-bond donors (Lipinski definition) is 1. The average molecular weight is 483 g/mol. The first-order valence-corrected chi connectivity index (χ1v) is 11.1. The number of ether oxygens (including phenoxy) is 2. The smallest absolute Gasteiger partial charge is 0.180 e. The van der Waals surface area contributed by atoms with Gasteiger partial charge in [-0.1, -0.05) is 59.1 Å². The van der Waals surface area contributed by atoms with Crippen molar-refractivity contribution in [3.8, 4) is 11.5 Å². The molecule has 0 atom stereocenters. The maximum absolute atomic E-state index is 13.9. The van der Waals surface area contributed by atoms with Crippen molar-refractivity contribution < 1.29 is 13.9 Å². The van der Waals surface area contributed by atoms with E-state index in [9.17, 15) is 4.39 Å². The predicted molar refractivity (Wildman–Crippen MR) is 125 cm³/mol. The summed E-state index contributed by atoms with van der Waals surface area (Å²) in [4.78, 5) is 0. The molecule has 164 valence electrons. The second-order valence-corrected chi connectivity index (χ2v) is 8.13. The molecule has 3 aromatic rings. The summed E-state index contributed by atoms with van der Waals surface area (Å²) in [5.41, 5.74) is 2.44. The van der Waals surface area contributed by atoms with Gasteiger partial charge in [0.05, 0.1) is 11.6 Å². The summed E-state index contributed by atoms with van der Waals surface area (Å²) in [5.74, 6) is 0.616. The highest BCUT2D eigenvalue weighted by atomic mass is 35.5. The Hall–Kier alpha value is -1.98. The fourth-order valence-corrected chi connectivity index (χ4v) is 3.86. The van der Waals surface area contributed by atoms with Crippen molar-refractivity contribution in [2.45, 2.75) is 26.5 Å². The molecule has 0 aliphatic carbocycles. The zero-order chi connectivity index (χ0) is 22.2. The van der Waals surface area contributed by atoms with Crippen molar-refractivity contribution >= 4 is 34.8 Å². The number of hydrogen-bond acceptors (Lipinski definition) is 3. The Balaban J connectivity index is 1.63. The molecule has 0 aliphatic rings. The maximum Gasteiger partial charge on any atom is 0.180 e. The SMILES string of the molecule is CCOc1cc(CNCCc2ccc(Cl)cc2Cl)cc(Cl)c1OCc1ccccc1F. The summed E-state index contributed by atoms with van der Waals surface area (Å²) in [7, 11) is 0. The molecule has 3 nitrogen and oxygen atoms in total. The van der Waals surface area contributed by atoms with Gasteiger partial charge in [0.15, 0.2) is 11.5 Å². The summed E-state index contributed by atoms with van der Waals surface area (Å²) >= 11 is 18.6. The van der Waals surface area contributed by atoms with E-state index in [0.29, 0.717) is 45.3 Å². The van der Waals surface area contributed by atoms with Gasteiger partial charge >= 0.3 is 0 Å². The molecule has 0 fully saturated rings. The van der Waals surface area contributed by atoms with Gasteiger partial charge in [-0.25, -0.2) is 4.39 Å². The molecular weight excluding hydrogens is 460 g/mol. The van der Waals surface area contributed by atoms with Gasteiger partial charge in [0, 0.05) is 22.2 Å². The first-order chi connectivity index (χ1) is 15.0. The van der Waals surface area contributed by atoms with Gasteiger partial charge in [-0.05, 0) is 61.3 Å². The van der Waals surface area contributed by atoms with Crippen LogP contribution >= 0.6 is 34.8 Å². The third-order valence-electron chi connectivity index (χ3n) is 4.61. The monoisotopic (exact) mass is 481 g/mol. The Bertz CT molecular complexity index is 1030. The molecule has 3 rings (SSSR count). The second-order valence-electron chi connectivity index (χ2n) is 6.88. The van der Waals surface area contributed by atoms with Gasteiger partial charge in [-0.15, -0.1) is 0 Å². The molecule has 0 aromatic heterocycles. The van der Waals surface area contributed by atoms with E-state index in [2.05, 4.69) is 5.32 Å². The van der Waals surface area contributed by atoms with Crippen LogP contribution in [0, 0.1) is 5.82 Å². The predicted octanol–water partition coefficient (Wildman–Crippen LogP) is 7.10. The molecule has 0 aliphatic heterocycles. The first-order valence-electron chi connectivity index (χ1n) is 9.94. The van der Waals surface area contributed by atoms with Crippen molar-refractivity contribution in [1.82, 2.24) is 5.32 Å². The van der Waals surface area contributed by atoms with E-state index in [1.54, 1.807) is 24.3 Å². The van der Waals surface area contributed by atoms with Crippen LogP contribution in [0.2, 0.25) is 15.1 Å². The normalized spacial score (nSPS) is 10.9. The standard InChI is InChI=1S/C24H23Cl3FNO2/c1-2-30-23-12-16(14-29-10-9-17-7-8-19(25)13-20(17)26)11-21(27)24(23)31-15-18-5-3-4-6-22(18)28/h3-8,11-13,29H,2,9-10,14-15H2,1H3. The summed E-state index contributed by atoms with van der Waals surface area (Å²) < 4.78 is 25.4. The molecule has 0 bridgehead atoms. The highest BCUT2D eigenvalue weighted by Crippen LogP contribution is 2.37. The maximum atomic E-state index is 13.9. The van der Waals surface area contributed by atoms with E-state index < -0.39 is 0 Å². The summed E-state index contributed by atoms with van der Waals surface area (Å²) in [6, 6.07) is 15.7. The molecule has 0 radical (unpaired) electrons. The molecule has 0 saturated heterocycles. The Kier molecular flexibility index (Phi) is 8.85. The van der Waals surface area contributed by atoms with Gasteiger partial charge < -0.3 is 14.8 Å². The third-order valence-corrected chi connectivity index (χ3v) is 5.48. The van der Waals surface area contributed by atoms with Gasteiger partial charge in [0.1, 0.15) is 12.4 Å². The van der Waals surface area contributed by atoms with E-state index in [0.717, 1.165) is 24.1 Å².